The molecule has 32 heavy (non-hydrogen) atoms. The molecular weight excluding hydrogens is 434 g/mol. The number of aromatic nitrogens is 1. The lowest BCUT2D eigenvalue weighted by Crippen LogP contribution is -2.18. The van der Waals surface area contributed by atoms with Gasteiger partial charge < -0.3 is 10.6 Å². The number of pyridine rings is 1. The number of carbonyl (C=O) groups excluding carboxylic acids is 1. The number of aryl methyl sites for hydroxylation is 2. The molecule has 1 amide bonds. The van der Waals surface area contributed by atoms with Crippen molar-refractivity contribution in [2.75, 3.05) is 10.6 Å². The van der Waals surface area contributed by atoms with Crippen molar-refractivity contribution >= 4 is 39.4 Å². The average molecular weight is 460 g/mol. The number of benzene rings is 1. The van der Waals surface area contributed by atoms with Gasteiger partial charge in [-0.15, -0.1) is 11.3 Å². The summed E-state index contributed by atoms with van der Waals surface area (Å²) >= 11 is 3.42. The maximum absolute atomic E-state index is 13.1. The van der Waals surface area contributed by atoms with Crippen LogP contribution in [0.2, 0.25) is 0 Å². The Balaban J connectivity index is 1.58. The van der Waals surface area contributed by atoms with E-state index < -0.39 is 0 Å². The molecule has 0 radical (unpaired) electrons. The summed E-state index contributed by atoms with van der Waals surface area (Å²) in [6.07, 6.45) is 4.51. The molecule has 0 fully saturated rings. The van der Waals surface area contributed by atoms with E-state index in [9.17, 15) is 4.79 Å². The molecule has 4 aromatic rings. The first kappa shape index (κ1) is 20.9. The van der Waals surface area contributed by atoms with Gasteiger partial charge in [0.1, 0.15) is 10.8 Å². The van der Waals surface area contributed by atoms with Gasteiger partial charge in [-0.25, -0.2) is 4.98 Å². The second kappa shape index (κ2) is 9.27. The van der Waals surface area contributed by atoms with Crippen molar-refractivity contribution < 1.29 is 4.79 Å². The molecule has 6 heteroatoms. The largest absolute Gasteiger partial charge is 0.359 e. The van der Waals surface area contributed by atoms with E-state index in [1.165, 1.54) is 34.4 Å². The number of thiophene rings is 2. The van der Waals surface area contributed by atoms with E-state index in [1.807, 2.05) is 55.5 Å². The molecule has 1 aliphatic carbocycles. The Morgan fingerprint density at radius 1 is 1.03 bits per heavy atom. The number of amides is 1. The lowest BCUT2D eigenvalue weighted by atomic mass is 9.90. The molecule has 3 heterocycles. The fourth-order valence-electron chi connectivity index (χ4n) is 4.29. The molecule has 0 aliphatic heterocycles. The second-order valence-electron chi connectivity index (χ2n) is 8.07. The van der Waals surface area contributed by atoms with E-state index in [-0.39, 0.29) is 11.9 Å². The molecule has 162 valence electrons. The van der Waals surface area contributed by atoms with Gasteiger partial charge in [-0.05, 0) is 84.8 Å². The quantitative estimate of drug-likeness (QED) is 0.332. The Morgan fingerprint density at radius 2 is 1.88 bits per heavy atom. The normalized spacial score (nSPS) is 13.9. The van der Waals surface area contributed by atoms with E-state index in [1.54, 1.807) is 22.7 Å². The molecule has 5 rings (SSSR count). The van der Waals surface area contributed by atoms with E-state index in [2.05, 4.69) is 27.5 Å². The summed E-state index contributed by atoms with van der Waals surface area (Å²) in [6, 6.07) is 17.6. The van der Waals surface area contributed by atoms with Crippen molar-refractivity contribution in [2.45, 2.75) is 38.6 Å². The summed E-state index contributed by atoms with van der Waals surface area (Å²) in [5.41, 5.74) is 5.42. The monoisotopic (exact) mass is 459 g/mol. The molecule has 1 atom stereocenters. The van der Waals surface area contributed by atoms with Crippen molar-refractivity contribution in [2.24, 2.45) is 0 Å². The van der Waals surface area contributed by atoms with Crippen LogP contribution < -0.4 is 10.6 Å². The zero-order valence-electron chi connectivity index (χ0n) is 17.9. The lowest BCUT2D eigenvalue weighted by Gasteiger charge is -2.23. The van der Waals surface area contributed by atoms with Crippen LogP contribution in [0.25, 0.3) is 0 Å². The van der Waals surface area contributed by atoms with Gasteiger partial charge in [0.05, 0.1) is 6.04 Å². The van der Waals surface area contributed by atoms with E-state index in [4.69, 9.17) is 4.98 Å². The fraction of sp³-hybridized carbons (Fsp3) is 0.231. The standard InChI is InChI=1S/C26H25N3OS2/c1-17-8-7-13-22(27-17)28-24(19-14-15-31-16-19)23-20-11-5-6-12-21(20)32-26(23)29-25(30)18-9-3-2-4-10-18/h2-4,7-10,13-16,24H,5-6,11-12H2,1H3,(H,27,28)(H,29,30)/t24-/m1/s1. The molecule has 3 aromatic heterocycles. The zero-order valence-corrected chi connectivity index (χ0v) is 19.6. The SMILES string of the molecule is Cc1cccc(N[C@H](c2ccsc2)c2c(NC(=O)c3ccccc3)sc3c2CCCC3)n1. The predicted molar refractivity (Wildman–Crippen MR) is 134 cm³/mol. The summed E-state index contributed by atoms with van der Waals surface area (Å²) in [5, 5.41) is 12.2. The summed E-state index contributed by atoms with van der Waals surface area (Å²) in [7, 11) is 0. The molecule has 0 unspecified atom stereocenters. The number of hydrogen-bond donors (Lipinski definition) is 2. The third-order valence-corrected chi connectivity index (χ3v) is 7.75. The van der Waals surface area contributed by atoms with Gasteiger partial charge in [-0.1, -0.05) is 24.3 Å². The smallest absolute Gasteiger partial charge is 0.256 e. The number of anilines is 2. The Kier molecular flexibility index (Phi) is 6.06. The predicted octanol–water partition coefficient (Wildman–Crippen LogP) is 6.85. The number of rotatable bonds is 6. The van der Waals surface area contributed by atoms with Crippen molar-refractivity contribution in [1.82, 2.24) is 4.98 Å². The molecule has 0 spiro atoms. The minimum absolute atomic E-state index is 0.0665. The van der Waals surface area contributed by atoms with Crippen LogP contribution >= 0.6 is 22.7 Å². The molecule has 0 saturated carbocycles. The molecule has 4 nitrogen and oxygen atoms in total. The highest BCUT2D eigenvalue weighted by molar-refractivity contribution is 7.16. The van der Waals surface area contributed by atoms with Crippen molar-refractivity contribution in [3.63, 3.8) is 0 Å². The van der Waals surface area contributed by atoms with E-state index >= 15 is 0 Å². The Hall–Kier alpha value is -2.96. The highest BCUT2D eigenvalue weighted by Crippen LogP contribution is 2.44. The third kappa shape index (κ3) is 4.33. The molecular formula is C26H25N3OS2. The summed E-state index contributed by atoms with van der Waals surface area (Å²) in [5.74, 6) is 0.778. The van der Waals surface area contributed by atoms with Crippen LogP contribution in [0, 0.1) is 6.92 Å². The number of nitrogens with zero attached hydrogens (tertiary/aromatic N) is 1. The average Bonchev–Trinajstić information content (AvgIpc) is 3.46. The number of hydrogen-bond acceptors (Lipinski definition) is 5. The van der Waals surface area contributed by atoms with Gasteiger partial charge in [0.2, 0.25) is 0 Å². The van der Waals surface area contributed by atoms with Crippen molar-refractivity contribution in [3.05, 3.63) is 98.2 Å². The van der Waals surface area contributed by atoms with Crippen LogP contribution in [-0.4, -0.2) is 10.9 Å². The minimum atomic E-state index is -0.0697. The van der Waals surface area contributed by atoms with Gasteiger partial charge in [-0.3, -0.25) is 4.79 Å². The fourth-order valence-corrected chi connectivity index (χ4v) is 6.29. The van der Waals surface area contributed by atoms with E-state index in [0.29, 0.717) is 5.56 Å². The van der Waals surface area contributed by atoms with Crippen LogP contribution in [0.1, 0.15) is 56.5 Å². The molecule has 0 saturated heterocycles. The van der Waals surface area contributed by atoms with Gasteiger partial charge in [0, 0.05) is 21.7 Å². The van der Waals surface area contributed by atoms with Gasteiger partial charge >= 0.3 is 0 Å². The Morgan fingerprint density at radius 3 is 2.66 bits per heavy atom. The molecule has 2 N–H and O–H groups in total. The highest BCUT2D eigenvalue weighted by Gasteiger charge is 2.29. The van der Waals surface area contributed by atoms with Crippen LogP contribution in [0.3, 0.4) is 0 Å². The number of fused-ring (bicyclic) bond motifs is 1. The lowest BCUT2D eigenvalue weighted by molar-refractivity contribution is 0.102. The highest BCUT2D eigenvalue weighted by atomic mass is 32.1. The van der Waals surface area contributed by atoms with Crippen LogP contribution in [0.5, 0.6) is 0 Å². The van der Waals surface area contributed by atoms with Crippen LogP contribution in [-0.2, 0) is 12.8 Å². The first-order chi connectivity index (χ1) is 15.7. The first-order valence-corrected chi connectivity index (χ1v) is 12.7. The first-order valence-electron chi connectivity index (χ1n) is 10.9. The summed E-state index contributed by atoms with van der Waals surface area (Å²) in [6.45, 7) is 2.00. The van der Waals surface area contributed by atoms with Crippen LogP contribution in [0.4, 0.5) is 10.8 Å². The molecule has 1 aromatic carbocycles. The molecule has 0 bridgehead atoms. The number of carbonyl (C=O) groups is 1. The molecule has 1 aliphatic rings. The minimum Gasteiger partial charge on any atom is -0.359 e. The summed E-state index contributed by atoms with van der Waals surface area (Å²) in [4.78, 5) is 19.1. The van der Waals surface area contributed by atoms with Gasteiger partial charge in [-0.2, -0.15) is 11.3 Å². The Labute approximate surface area is 196 Å². The zero-order chi connectivity index (χ0) is 21.9. The summed E-state index contributed by atoms with van der Waals surface area (Å²) < 4.78 is 0. The maximum Gasteiger partial charge on any atom is 0.256 e. The van der Waals surface area contributed by atoms with E-state index in [0.717, 1.165) is 29.4 Å². The van der Waals surface area contributed by atoms with Crippen molar-refractivity contribution in [1.29, 1.82) is 0 Å². The van der Waals surface area contributed by atoms with Crippen LogP contribution in [0.15, 0.2) is 65.4 Å². The second-order valence-corrected chi connectivity index (χ2v) is 9.96. The number of nitrogens with one attached hydrogen (secondary N) is 2. The van der Waals surface area contributed by atoms with Gasteiger partial charge in [0.25, 0.3) is 5.91 Å². The van der Waals surface area contributed by atoms with Gasteiger partial charge in [0.15, 0.2) is 0 Å². The third-order valence-electron chi connectivity index (χ3n) is 5.82. The maximum atomic E-state index is 13.1. The van der Waals surface area contributed by atoms with Crippen molar-refractivity contribution in [3.8, 4) is 0 Å². The topological polar surface area (TPSA) is 54.0 Å². The Bertz CT molecular complexity index is 1220.